The largest absolute Gasteiger partial charge is 0.387 e. The Bertz CT molecular complexity index is 519. The van der Waals surface area contributed by atoms with Gasteiger partial charge in [0.2, 0.25) is 11.9 Å². The van der Waals surface area contributed by atoms with E-state index in [4.69, 9.17) is 11.5 Å². The highest BCUT2D eigenvalue weighted by Crippen LogP contribution is 2.12. The Morgan fingerprint density at radius 2 is 1.94 bits per heavy atom. The van der Waals surface area contributed by atoms with Crippen LogP contribution in [-0.4, -0.2) is 35.1 Å². The van der Waals surface area contributed by atoms with Gasteiger partial charge in [0.05, 0.1) is 12.3 Å². The summed E-state index contributed by atoms with van der Waals surface area (Å²) in [5.41, 5.74) is 11.4. The Balaban J connectivity index is 2.16. The van der Waals surface area contributed by atoms with Gasteiger partial charge in [-0.05, 0) is 6.42 Å². The molecule has 9 nitrogen and oxygen atoms in total. The van der Waals surface area contributed by atoms with Crippen LogP contribution < -0.4 is 11.5 Å². The van der Waals surface area contributed by atoms with Crippen molar-refractivity contribution in [2.45, 2.75) is 26.0 Å². The standard InChI is InChI=1S/C9H14N8O/c1-2-6(18)5-3-17(16-15-5)4-7-12-8(10)14-9(11)13-7/h3,6,18H,2,4H2,1H3,(H4,10,11,12,13,14). The van der Waals surface area contributed by atoms with E-state index in [1.54, 1.807) is 6.20 Å². The quantitative estimate of drug-likeness (QED) is 0.635. The lowest BCUT2D eigenvalue weighted by atomic mass is 10.2. The molecular weight excluding hydrogens is 236 g/mol. The molecule has 2 heterocycles. The van der Waals surface area contributed by atoms with Crippen molar-refractivity contribution in [2.24, 2.45) is 0 Å². The number of aliphatic hydroxyl groups is 1. The minimum Gasteiger partial charge on any atom is -0.387 e. The smallest absolute Gasteiger partial charge is 0.225 e. The lowest BCUT2D eigenvalue weighted by molar-refractivity contribution is 0.168. The minimum absolute atomic E-state index is 0.0615. The molecule has 2 rings (SSSR count). The normalized spacial score (nSPS) is 12.6. The van der Waals surface area contributed by atoms with Gasteiger partial charge in [-0.2, -0.15) is 15.0 Å². The van der Waals surface area contributed by atoms with E-state index in [0.717, 1.165) is 0 Å². The van der Waals surface area contributed by atoms with E-state index >= 15 is 0 Å². The van der Waals surface area contributed by atoms with Gasteiger partial charge in [-0.15, -0.1) is 5.10 Å². The van der Waals surface area contributed by atoms with Crippen molar-refractivity contribution in [1.29, 1.82) is 0 Å². The summed E-state index contributed by atoms with van der Waals surface area (Å²) in [5.74, 6) is 0.514. The van der Waals surface area contributed by atoms with E-state index < -0.39 is 6.10 Å². The monoisotopic (exact) mass is 250 g/mol. The highest BCUT2D eigenvalue weighted by atomic mass is 16.3. The molecule has 0 radical (unpaired) electrons. The maximum Gasteiger partial charge on any atom is 0.225 e. The summed E-state index contributed by atoms with van der Waals surface area (Å²) < 4.78 is 1.50. The molecular formula is C9H14N8O. The minimum atomic E-state index is -0.618. The first-order chi connectivity index (χ1) is 8.58. The molecule has 9 heteroatoms. The Kier molecular flexibility index (Phi) is 3.33. The highest BCUT2D eigenvalue weighted by Gasteiger charge is 2.11. The van der Waals surface area contributed by atoms with Gasteiger partial charge in [0, 0.05) is 0 Å². The van der Waals surface area contributed by atoms with Crippen molar-refractivity contribution in [2.75, 3.05) is 11.5 Å². The molecule has 0 bridgehead atoms. The van der Waals surface area contributed by atoms with Gasteiger partial charge < -0.3 is 16.6 Å². The summed E-state index contributed by atoms with van der Waals surface area (Å²) >= 11 is 0. The fourth-order valence-electron chi connectivity index (χ4n) is 1.42. The first-order valence-corrected chi connectivity index (χ1v) is 5.42. The van der Waals surface area contributed by atoms with Crippen LogP contribution in [0, 0.1) is 0 Å². The Labute approximate surface area is 103 Å². The van der Waals surface area contributed by atoms with Crippen molar-refractivity contribution in [1.82, 2.24) is 29.9 Å². The number of nitrogens with two attached hydrogens (primary N) is 2. The summed E-state index contributed by atoms with van der Waals surface area (Å²) in [7, 11) is 0. The molecule has 1 atom stereocenters. The third-order valence-electron chi connectivity index (χ3n) is 2.30. The molecule has 0 aliphatic carbocycles. The Morgan fingerprint density at radius 3 is 2.56 bits per heavy atom. The number of nitrogens with zero attached hydrogens (tertiary/aromatic N) is 6. The summed E-state index contributed by atoms with van der Waals surface area (Å²) in [5, 5.41) is 17.3. The van der Waals surface area contributed by atoms with Crippen LogP contribution in [0.5, 0.6) is 0 Å². The second kappa shape index (κ2) is 4.92. The maximum atomic E-state index is 9.60. The van der Waals surface area contributed by atoms with E-state index in [9.17, 15) is 5.11 Å². The van der Waals surface area contributed by atoms with Crippen molar-refractivity contribution < 1.29 is 5.11 Å². The Morgan fingerprint density at radius 1 is 1.28 bits per heavy atom. The molecule has 1 unspecified atom stereocenters. The number of aliphatic hydroxyl groups excluding tert-OH is 1. The highest BCUT2D eigenvalue weighted by molar-refractivity contribution is 5.25. The third kappa shape index (κ3) is 2.69. The zero-order valence-electron chi connectivity index (χ0n) is 9.85. The van der Waals surface area contributed by atoms with Crippen LogP contribution in [0.3, 0.4) is 0 Å². The molecule has 96 valence electrons. The number of anilines is 2. The van der Waals surface area contributed by atoms with Gasteiger partial charge in [-0.3, -0.25) is 0 Å². The van der Waals surface area contributed by atoms with Crippen LogP contribution in [0.1, 0.15) is 31.0 Å². The maximum absolute atomic E-state index is 9.60. The lowest BCUT2D eigenvalue weighted by Gasteiger charge is -2.02. The molecule has 0 aliphatic heterocycles. The number of rotatable bonds is 4. The van der Waals surface area contributed by atoms with Crippen molar-refractivity contribution in [3.63, 3.8) is 0 Å². The van der Waals surface area contributed by atoms with Crippen LogP contribution in [0.4, 0.5) is 11.9 Å². The van der Waals surface area contributed by atoms with Gasteiger partial charge in [0.25, 0.3) is 0 Å². The SMILES string of the molecule is CCC(O)c1cn(Cc2nc(N)nc(N)n2)nn1. The summed E-state index contributed by atoms with van der Waals surface area (Å²) in [6, 6.07) is 0. The topological polar surface area (TPSA) is 142 Å². The molecule has 2 aromatic rings. The van der Waals surface area contributed by atoms with Crippen molar-refractivity contribution in [3.8, 4) is 0 Å². The molecule has 0 aliphatic rings. The van der Waals surface area contributed by atoms with Gasteiger partial charge in [-0.1, -0.05) is 12.1 Å². The van der Waals surface area contributed by atoms with Crippen LogP contribution in [0.2, 0.25) is 0 Å². The number of nitrogen functional groups attached to an aromatic ring is 2. The second-order valence-corrected chi connectivity index (χ2v) is 3.73. The number of aromatic nitrogens is 6. The predicted molar refractivity (Wildman–Crippen MR) is 63.0 cm³/mol. The number of hydrogen-bond acceptors (Lipinski definition) is 8. The molecule has 5 N–H and O–H groups in total. The molecule has 0 fully saturated rings. The second-order valence-electron chi connectivity index (χ2n) is 3.73. The molecule has 0 amide bonds. The fraction of sp³-hybridized carbons (Fsp3) is 0.444. The van der Waals surface area contributed by atoms with Gasteiger partial charge in [-0.25, -0.2) is 4.68 Å². The van der Waals surface area contributed by atoms with Gasteiger partial charge in [0.15, 0.2) is 5.82 Å². The van der Waals surface area contributed by atoms with E-state index in [-0.39, 0.29) is 18.4 Å². The predicted octanol–water partition coefficient (Wildman–Crippen LogP) is -0.881. The van der Waals surface area contributed by atoms with Crippen LogP contribution in [0.15, 0.2) is 6.20 Å². The van der Waals surface area contributed by atoms with Gasteiger partial charge in [0.1, 0.15) is 12.2 Å². The molecule has 18 heavy (non-hydrogen) atoms. The molecule has 0 saturated heterocycles. The summed E-state index contributed by atoms with van der Waals surface area (Å²) in [4.78, 5) is 11.5. The van der Waals surface area contributed by atoms with Crippen LogP contribution in [-0.2, 0) is 6.54 Å². The van der Waals surface area contributed by atoms with Crippen molar-refractivity contribution in [3.05, 3.63) is 17.7 Å². The molecule has 0 saturated carbocycles. The number of hydrogen-bond donors (Lipinski definition) is 3. The van der Waals surface area contributed by atoms with E-state index in [1.165, 1.54) is 4.68 Å². The molecule has 0 spiro atoms. The first-order valence-electron chi connectivity index (χ1n) is 5.42. The van der Waals surface area contributed by atoms with Crippen LogP contribution >= 0.6 is 0 Å². The average Bonchev–Trinajstić information content (AvgIpc) is 2.75. The first kappa shape index (κ1) is 12.2. The lowest BCUT2D eigenvalue weighted by Crippen LogP contribution is -2.10. The zero-order chi connectivity index (χ0) is 13.1. The average molecular weight is 250 g/mol. The Hall–Kier alpha value is -2.29. The zero-order valence-corrected chi connectivity index (χ0v) is 9.85. The third-order valence-corrected chi connectivity index (χ3v) is 2.30. The van der Waals surface area contributed by atoms with E-state index in [1.807, 2.05) is 6.92 Å². The molecule has 2 aromatic heterocycles. The van der Waals surface area contributed by atoms with Crippen LogP contribution in [0.25, 0.3) is 0 Å². The molecule has 0 aromatic carbocycles. The summed E-state index contributed by atoms with van der Waals surface area (Å²) in [6.07, 6.45) is 1.58. The van der Waals surface area contributed by atoms with Gasteiger partial charge >= 0.3 is 0 Å². The van der Waals surface area contributed by atoms with Crippen molar-refractivity contribution >= 4 is 11.9 Å². The fourth-order valence-corrected chi connectivity index (χ4v) is 1.42. The van der Waals surface area contributed by atoms with E-state index in [0.29, 0.717) is 17.9 Å². The summed E-state index contributed by atoms with van der Waals surface area (Å²) in [6.45, 7) is 2.12. The van der Waals surface area contributed by atoms with E-state index in [2.05, 4.69) is 25.3 Å².